The molecule has 1 atom stereocenters. The van der Waals surface area contributed by atoms with Gasteiger partial charge in [-0.1, -0.05) is 30.3 Å². The minimum atomic E-state index is -0.729. The molecule has 0 aliphatic heterocycles. The number of carbonyl (C=O) groups excluding carboxylic acids is 2. The number of anilines is 1. The molecular weight excluding hydrogens is 326 g/mol. The van der Waals surface area contributed by atoms with Crippen LogP contribution in [0.3, 0.4) is 0 Å². The van der Waals surface area contributed by atoms with Crippen molar-refractivity contribution in [3.63, 3.8) is 0 Å². The van der Waals surface area contributed by atoms with Gasteiger partial charge >= 0.3 is 6.09 Å². The minimum Gasteiger partial charge on any atom is -0.453 e. The van der Waals surface area contributed by atoms with Crippen molar-refractivity contribution in [3.8, 4) is 0 Å². The molecule has 0 bridgehead atoms. The van der Waals surface area contributed by atoms with Crippen molar-refractivity contribution in [1.82, 2.24) is 10.3 Å². The zero-order chi connectivity index (χ0) is 16.9. The van der Waals surface area contributed by atoms with Crippen LogP contribution in [0.15, 0.2) is 35.7 Å². The van der Waals surface area contributed by atoms with E-state index in [0.29, 0.717) is 17.5 Å². The number of hydrogen-bond acceptors (Lipinski definition) is 5. The first-order valence-corrected chi connectivity index (χ1v) is 8.68. The van der Waals surface area contributed by atoms with Crippen LogP contribution in [-0.2, 0) is 16.0 Å². The fourth-order valence-electron chi connectivity index (χ4n) is 2.36. The number of nitrogens with zero attached hydrogens (tertiary/aromatic N) is 1. The Morgan fingerprint density at radius 1 is 1.33 bits per heavy atom. The Bertz CT molecular complexity index is 713. The highest BCUT2D eigenvalue weighted by Crippen LogP contribution is 2.40. The summed E-state index contributed by atoms with van der Waals surface area (Å²) in [5.74, 6) is 0.237. The van der Waals surface area contributed by atoms with Crippen molar-refractivity contribution in [2.75, 3.05) is 12.4 Å². The second-order valence-corrected chi connectivity index (χ2v) is 6.58. The third kappa shape index (κ3) is 4.32. The fourth-order valence-corrected chi connectivity index (χ4v) is 3.16. The molecule has 1 aliphatic carbocycles. The lowest BCUT2D eigenvalue weighted by molar-refractivity contribution is -0.118. The lowest BCUT2D eigenvalue weighted by Crippen LogP contribution is -2.45. The molecule has 2 amide bonds. The molecule has 1 fully saturated rings. The second kappa shape index (κ2) is 7.44. The lowest BCUT2D eigenvalue weighted by Gasteiger charge is -2.17. The number of rotatable bonds is 6. The molecule has 1 aromatic carbocycles. The predicted octanol–water partition coefficient (Wildman–Crippen LogP) is 2.93. The number of methoxy groups -OCH3 is 1. The third-order valence-electron chi connectivity index (χ3n) is 3.82. The number of carbonyl (C=O) groups is 2. The van der Waals surface area contributed by atoms with E-state index >= 15 is 0 Å². The summed E-state index contributed by atoms with van der Waals surface area (Å²) in [6.45, 7) is 0. The fraction of sp³-hybridized carbons (Fsp3) is 0.353. The van der Waals surface area contributed by atoms with Gasteiger partial charge in [-0.25, -0.2) is 9.78 Å². The standard InChI is InChI=1S/C17H19N3O3S/c1-23-17(22)19-13(9-11-5-3-2-4-6-11)15(21)20-16-18-14(10-24-16)12-7-8-12/h2-6,10,12-13H,7-9H2,1H3,(H,19,22)(H,18,20,21)/t13-/m1/s1. The van der Waals surface area contributed by atoms with E-state index in [0.717, 1.165) is 24.1 Å². The molecule has 7 heteroatoms. The maximum atomic E-state index is 12.5. The third-order valence-corrected chi connectivity index (χ3v) is 4.60. The van der Waals surface area contributed by atoms with Crippen LogP contribution < -0.4 is 10.6 Å². The van der Waals surface area contributed by atoms with Gasteiger partial charge in [0.2, 0.25) is 5.91 Å². The number of benzene rings is 1. The van der Waals surface area contributed by atoms with Crippen molar-refractivity contribution >= 4 is 28.5 Å². The number of ether oxygens (including phenoxy) is 1. The summed E-state index contributed by atoms with van der Waals surface area (Å²) in [6, 6.07) is 8.78. The first-order valence-electron chi connectivity index (χ1n) is 7.80. The van der Waals surface area contributed by atoms with Crippen LogP contribution >= 0.6 is 11.3 Å². The smallest absolute Gasteiger partial charge is 0.407 e. The SMILES string of the molecule is COC(=O)N[C@H](Cc1ccccc1)C(=O)Nc1nc(C2CC2)cs1. The molecule has 126 valence electrons. The van der Waals surface area contributed by atoms with Gasteiger partial charge in [0.1, 0.15) is 6.04 Å². The molecule has 1 aliphatic rings. The van der Waals surface area contributed by atoms with E-state index in [1.54, 1.807) is 0 Å². The van der Waals surface area contributed by atoms with Gasteiger partial charge in [0.25, 0.3) is 0 Å². The number of aromatic nitrogens is 1. The number of thiazole rings is 1. The average molecular weight is 345 g/mol. The Balaban J connectivity index is 1.67. The Hall–Kier alpha value is -2.41. The highest BCUT2D eigenvalue weighted by Gasteiger charge is 2.27. The molecule has 1 heterocycles. The Morgan fingerprint density at radius 2 is 2.08 bits per heavy atom. The quantitative estimate of drug-likeness (QED) is 0.843. The monoisotopic (exact) mass is 345 g/mol. The maximum Gasteiger partial charge on any atom is 0.407 e. The zero-order valence-corrected chi connectivity index (χ0v) is 14.1. The second-order valence-electron chi connectivity index (χ2n) is 5.72. The average Bonchev–Trinajstić information content (AvgIpc) is 3.35. The molecule has 1 saturated carbocycles. The van der Waals surface area contributed by atoms with Crippen molar-refractivity contribution in [1.29, 1.82) is 0 Å². The highest BCUT2D eigenvalue weighted by atomic mass is 32.1. The molecule has 1 aromatic heterocycles. The zero-order valence-electron chi connectivity index (χ0n) is 13.3. The summed E-state index contributed by atoms with van der Waals surface area (Å²) in [5.41, 5.74) is 1.99. The maximum absolute atomic E-state index is 12.5. The van der Waals surface area contributed by atoms with Gasteiger partial charge in [0, 0.05) is 17.7 Å². The molecule has 24 heavy (non-hydrogen) atoms. The Kier molecular flexibility index (Phi) is 5.10. The van der Waals surface area contributed by atoms with E-state index in [1.165, 1.54) is 18.4 Å². The summed E-state index contributed by atoms with van der Waals surface area (Å²) in [4.78, 5) is 28.5. The van der Waals surface area contributed by atoms with Gasteiger partial charge in [-0.3, -0.25) is 4.79 Å². The lowest BCUT2D eigenvalue weighted by atomic mass is 10.1. The molecule has 0 spiro atoms. The normalized spacial score (nSPS) is 14.7. The van der Waals surface area contributed by atoms with Crippen LogP contribution in [0.2, 0.25) is 0 Å². The number of hydrogen-bond donors (Lipinski definition) is 2. The molecule has 0 radical (unpaired) electrons. The summed E-state index contributed by atoms with van der Waals surface area (Å²) in [7, 11) is 1.27. The number of amides is 2. The van der Waals surface area contributed by atoms with Gasteiger partial charge in [0.05, 0.1) is 12.8 Å². The van der Waals surface area contributed by atoms with Crippen molar-refractivity contribution in [2.45, 2.75) is 31.2 Å². The van der Waals surface area contributed by atoms with Crippen molar-refractivity contribution in [3.05, 3.63) is 47.0 Å². The first kappa shape index (κ1) is 16.4. The Morgan fingerprint density at radius 3 is 2.75 bits per heavy atom. The summed E-state index contributed by atoms with van der Waals surface area (Å²) in [5, 5.41) is 7.91. The van der Waals surface area contributed by atoms with Gasteiger partial charge < -0.3 is 15.4 Å². The summed E-state index contributed by atoms with van der Waals surface area (Å²) < 4.78 is 4.62. The molecule has 0 unspecified atom stereocenters. The Labute approximate surface area is 144 Å². The van der Waals surface area contributed by atoms with Crippen molar-refractivity contribution < 1.29 is 14.3 Å². The molecule has 2 N–H and O–H groups in total. The van der Waals surface area contributed by atoms with Crippen LogP contribution in [0, 0.1) is 0 Å². The topological polar surface area (TPSA) is 80.3 Å². The van der Waals surface area contributed by atoms with E-state index < -0.39 is 12.1 Å². The van der Waals surface area contributed by atoms with Crippen LogP contribution in [0.4, 0.5) is 9.93 Å². The van der Waals surface area contributed by atoms with Crippen LogP contribution in [-0.4, -0.2) is 30.1 Å². The largest absolute Gasteiger partial charge is 0.453 e. The summed E-state index contributed by atoms with van der Waals surface area (Å²) in [6.07, 6.45) is 2.07. The minimum absolute atomic E-state index is 0.305. The van der Waals surface area contributed by atoms with E-state index in [2.05, 4.69) is 20.4 Å². The predicted molar refractivity (Wildman–Crippen MR) is 92.2 cm³/mol. The molecular formula is C17H19N3O3S. The number of nitrogens with one attached hydrogen (secondary N) is 2. The van der Waals surface area contributed by atoms with Crippen LogP contribution in [0.25, 0.3) is 0 Å². The van der Waals surface area contributed by atoms with Gasteiger partial charge in [-0.15, -0.1) is 11.3 Å². The van der Waals surface area contributed by atoms with Gasteiger partial charge in [-0.2, -0.15) is 0 Å². The number of alkyl carbamates (subject to hydrolysis) is 1. The summed E-state index contributed by atoms with van der Waals surface area (Å²) >= 11 is 1.41. The van der Waals surface area contributed by atoms with Gasteiger partial charge in [0.15, 0.2) is 5.13 Å². The molecule has 2 aromatic rings. The van der Waals surface area contributed by atoms with Crippen LogP contribution in [0.5, 0.6) is 0 Å². The molecule has 3 rings (SSSR count). The molecule has 0 saturated heterocycles. The van der Waals surface area contributed by atoms with Crippen molar-refractivity contribution in [2.24, 2.45) is 0 Å². The van der Waals surface area contributed by atoms with Gasteiger partial charge in [-0.05, 0) is 18.4 Å². The first-order chi connectivity index (χ1) is 11.7. The highest BCUT2D eigenvalue weighted by molar-refractivity contribution is 7.13. The van der Waals surface area contributed by atoms with E-state index in [4.69, 9.17) is 0 Å². The van der Waals surface area contributed by atoms with E-state index in [-0.39, 0.29) is 5.91 Å². The molecule has 6 nitrogen and oxygen atoms in total. The van der Waals surface area contributed by atoms with E-state index in [9.17, 15) is 9.59 Å². The van der Waals surface area contributed by atoms with E-state index in [1.807, 2.05) is 35.7 Å². The van der Waals surface area contributed by atoms with Crippen LogP contribution in [0.1, 0.15) is 30.0 Å².